The van der Waals surface area contributed by atoms with Crippen molar-refractivity contribution in [3.8, 4) is 16.9 Å². The first kappa shape index (κ1) is 23.3. The summed E-state index contributed by atoms with van der Waals surface area (Å²) in [6, 6.07) is 9.15. The summed E-state index contributed by atoms with van der Waals surface area (Å²) in [5.74, 6) is 0.577. The predicted octanol–water partition coefficient (Wildman–Crippen LogP) is 5.99. The maximum absolute atomic E-state index is 15.2. The molecule has 4 aromatic rings. The van der Waals surface area contributed by atoms with Gasteiger partial charge >= 0.3 is 0 Å². The smallest absolute Gasteiger partial charge is 0.266 e. The number of methoxy groups -OCH3 is 1. The van der Waals surface area contributed by atoms with Crippen LogP contribution in [-0.4, -0.2) is 18.6 Å². The van der Waals surface area contributed by atoms with Gasteiger partial charge in [0.05, 0.1) is 12.6 Å². The van der Waals surface area contributed by atoms with Gasteiger partial charge in [-0.3, -0.25) is 4.79 Å². The van der Waals surface area contributed by atoms with Gasteiger partial charge in [0.15, 0.2) is 0 Å². The van der Waals surface area contributed by atoms with Gasteiger partial charge < -0.3 is 15.5 Å². The molecule has 7 heteroatoms. The Morgan fingerprint density at radius 3 is 2.61 bits per heavy atom. The molecule has 3 N–H and O–H groups in total. The van der Waals surface area contributed by atoms with Gasteiger partial charge in [0.25, 0.3) is 5.56 Å². The molecule has 4 nitrogen and oxygen atoms in total. The van der Waals surface area contributed by atoms with Crippen LogP contribution in [0, 0.1) is 18.7 Å². The Morgan fingerprint density at radius 2 is 1.97 bits per heavy atom. The number of aryl methyl sites for hydroxylation is 1. The van der Waals surface area contributed by atoms with E-state index in [0.717, 1.165) is 27.4 Å². The van der Waals surface area contributed by atoms with Crippen molar-refractivity contribution < 1.29 is 9.13 Å². The number of halogens is 2. The van der Waals surface area contributed by atoms with Gasteiger partial charge in [0, 0.05) is 16.3 Å². The van der Waals surface area contributed by atoms with Gasteiger partial charge in [-0.05, 0) is 65.6 Å². The minimum atomic E-state index is -0.262. The van der Waals surface area contributed by atoms with Crippen LogP contribution in [-0.2, 0) is 0 Å². The molecule has 0 radical (unpaired) electrons. The second kappa shape index (κ2) is 8.99. The Kier molecular flexibility index (Phi) is 6.74. The van der Waals surface area contributed by atoms with E-state index in [1.807, 2.05) is 50.4 Å². The summed E-state index contributed by atoms with van der Waals surface area (Å²) >= 11 is 1.40. The van der Waals surface area contributed by atoms with Gasteiger partial charge in [0.2, 0.25) is 0 Å². The molecular formula is C24H26ClFN2O2S. The molecule has 2 unspecified atom stereocenters. The van der Waals surface area contributed by atoms with Gasteiger partial charge in [-0.25, -0.2) is 4.39 Å². The van der Waals surface area contributed by atoms with E-state index in [4.69, 9.17) is 10.5 Å². The number of hydrogen-bond acceptors (Lipinski definition) is 4. The summed E-state index contributed by atoms with van der Waals surface area (Å²) in [5.41, 5.74) is 9.47. The fourth-order valence-electron chi connectivity index (χ4n) is 4.08. The highest BCUT2D eigenvalue weighted by molar-refractivity contribution is 7.17. The molecule has 0 aliphatic heterocycles. The van der Waals surface area contributed by atoms with Crippen molar-refractivity contribution in [2.75, 3.05) is 13.7 Å². The number of nitrogens with two attached hydrogens (primary N) is 1. The lowest BCUT2D eigenvalue weighted by Gasteiger charge is -2.20. The zero-order valence-electron chi connectivity index (χ0n) is 17.9. The summed E-state index contributed by atoms with van der Waals surface area (Å²) in [6.45, 7) is 6.46. The Balaban J connectivity index is 0.00000272. The normalized spacial score (nSPS) is 13.2. The molecule has 0 spiro atoms. The summed E-state index contributed by atoms with van der Waals surface area (Å²) in [6.07, 6.45) is 0. The van der Waals surface area contributed by atoms with Crippen molar-refractivity contribution in [1.29, 1.82) is 0 Å². The molecule has 4 rings (SSSR count). The first-order valence-corrected chi connectivity index (χ1v) is 10.9. The van der Waals surface area contributed by atoms with Gasteiger partial charge in [-0.2, -0.15) is 0 Å². The molecule has 2 aromatic heterocycles. The average Bonchev–Trinajstić information content (AvgIpc) is 3.23. The van der Waals surface area contributed by atoms with E-state index >= 15 is 4.39 Å². The van der Waals surface area contributed by atoms with Gasteiger partial charge in [-0.15, -0.1) is 23.7 Å². The van der Waals surface area contributed by atoms with Crippen molar-refractivity contribution >= 4 is 44.7 Å². The van der Waals surface area contributed by atoms with Crippen molar-refractivity contribution in [2.24, 2.45) is 11.7 Å². The molecule has 164 valence electrons. The molecule has 0 saturated heterocycles. The summed E-state index contributed by atoms with van der Waals surface area (Å²) in [4.78, 5) is 15.5. The molecule has 2 aromatic carbocycles. The number of aromatic amines is 1. The van der Waals surface area contributed by atoms with Crippen LogP contribution in [0.1, 0.15) is 30.9 Å². The Morgan fingerprint density at radius 1 is 1.23 bits per heavy atom. The molecule has 0 saturated carbocycles. The highest BCUT2D eigenvalue weighted by Crippen LogP contribution is 2.42. The molecule has 2 atom stereocenters. The second-order valence-electron chi connectivity index (χ2n) is 7.88. The maximum Gasteiger partial charge on any atom is 0.266 e. The summed E-state index contributed by atoms with van der Waals surface area (Å²) in [5, 5.41) is 3.63. The van der Waals surface area contributed by atoms with Crippen LogP contribution >= 0.6 is 23.7 Å². The van der Waals surface area contributed by atoms with E-state index in [2.05, 4.69) is 4.98 Å². The van der Waals surface area contributed by atoms with E-state index in [9.17, 15) is 4.79 Å². The first-order chi connectivity index (χ1) is 14.4. The number of rotatable bonds is 5. The number of H-pyrrole nitrogens is 1. The number of pyridine rings is 1. The highest BCUT2D eigenvalue weighted by Gasteiger charge is 2.21. The van der Waals surface area contributed by atoms with E-state index in [1.165, 1.54) is 11.3 Å². The minimum absolute atomic E-state index is 0. The largest absolute Gasteiger partial charge is 0.496 e. The van der Waals surface area contributed by atoms with Crippen LogP contribution in [0.15, 0.2) is 40.5 Å². The maximum atomic E-state index is 15.2. The third-order valence-corrected chi connectivity index (χ3v) is 7.01. The lowest BCUT2D eigenvalue weighted by Crippen LogP contribution is -2.17. The van der Waals surface area contributed by atoms with E-state index < -0.39 is 0 Å². The lowest BCUT2D eigenvalue weighted by atomic mass is 9.87. The molecular weight excluding hydrogens is 435 g/mol. The third-order valence-electron chi connectivity index (χ3n) is 6.09. The molecule has 2 heterocycles. The minimum Gasteiger partial charge on any atom is -0.496 e. The predicted molar refractivity (Wildman–Crippen MR) is 131 cm³/mol. The summed E-state index contributed by atoms with van der Waals surface area (Å²) < 4.78 is 21.5. The molecule has 0 aliphatic rings. The number of thiophene rings is 1. The molecule has 0 aliphatic carbocycles. The Labute approximate surface area is 190 Å². The standard InChI is InChI=1S/C24H25FN2O2S.ClH/c1-12-9-19(29-4)20(21-17-7-8-30-23(17)24(28)27-22(12)21)15-5-6-16(18(25)10-15)14(3)13(2)11-26;/h5-10,13-14H,11,26H2,1-4H3,(H,27,28);1H. The van der Waals surface area contributed by atoms with Gasteiger partial charge in [0.1, 0.15) is 16.3 Å². The summed E-state index contributed by atoms with van der Waals surface area (Å²) in [7, 11) is 1.61. The van der Waals surface area contributed by atoms with Gasteiger partial charge in [-0.1, -0.05) is 26.0 Å². The van der Waals surface area contributed by atoms with Crippen LogP contribution in [0.2, 0.25) is 0 Å². The second-order valence-corrected chi connectivity index (χ2v) is 8.79. The Bertz CT molecular complexity index is 1310. The molecule has 0 fully saturated rings. The zero-order chi connectivity index (χ0) is 21.6. The fraction of sp³-hybridized carbons (Fsp3) is 0.292. The molecule has 0 bridgehead atoms. The number of benzene rings is 2. The SMILES string of the molecule is COc1cc(C)c2[nH]c(=O)c3sccc3c2c1-c1ccc(C(C)C(C)CN)c(F)c1.Cl. The van der Waals surface area contributed by atoms with E-state index in [-0.39, 0.29) is 35.6 Å². The highest BCUT2D eigenvalue weighted by atomic mass is 35.5. The monoisotopic (exact) mass is 460 g/mol. The van der Waals surface area contributed by atoms with Crippen molar-refractivity contribution in [3.05, 3.63) is 63.0 Å². The number of hydrogen-bond donors (Lipinski definition) is 2. The van der Waals surface area contributed by atoms with Crippen molar-refractivity contribution in [3.63, 3.8) is 0 Å². The fourth-order valence-corrected chi connectivity index (χ4v) is 4.87. The van der Waals surface area contributed by atoms with Crippen LogP contribution < -0.4 is 16.0 Å². The lowest BCUT2D eigenvalue weighted by molar-refractivity contribution is 0.416. The first-order valence-electron chi connectivity index (χ1n) is 9.98. The van der Waals surface area contributed by atoms with E-state index in [0.29, 0.717) is 28.1 Å². The number of nitrogens with one attached hydrogen (secondary N) is 1. The van der Waals surface area contributed by atoms with E-state index in [1.54, 1.807) is 13.2 Å². The molecule has 31 heavy (non-hydrogen) atoms. The van der Waals surface area contributed by atoms with Crippen molar-refractivity contribution in [2.45, 2.75) is 26.7 Å². The van der Waals surface area contributed by atoms with Crippen LogP contribution in [0.5, 0.6) is 5.75 Å². The van der Waals surface area contributed by atoms with Crippen LogP contribution in [0.25, 0.3) is 32.1 Å². The number of aromatic nitrogens is 1. The quantitative estimate of drug-likeness (QED) is 0.384. The van der Waals surface area contributed by atoms with Crippen molar-refractivity contribution in [1.82, 2.24) is 4.98 Å². The number of fused-ring (bicyclic) bond motifs is 3. The topological polar surface area (TPSA) is 68.1 Å². The average molecular weight is 461 g/mol. The zero-order valence-corrected chi connectivity index (χ0v) is 19.5. The Hall–Kier alpha value is -2.41. The molecule has 0 amide bonds. The number of ether oxygens (including phenoxy) is 1. The van der Waals surface area contributed by atoms with Crippen LogP contribution in [0.3, 0.4) is 0 Å². The third kappa shape index (κ3) is 3.84. The van der Waals surface area contributed by atoms with Crippen LogP contribution in [0.4, 0.5) is 4.39 Å².